The lowest BCUT2D eigenvalue weighted by Crippen LogP contribution is -2.17. The fourth-order valence-electron chi connectivity index (χ4n) is 2.54. The summed E-state index contributed by atoms with van der Waals surface area (Å²) in [6.45, 7) is 2.74. The molecule has 0 radical (unpaired) electrons. The molecule has 0 aromatic carbocycles. The Morgan fingerprint density at radius 3 is 3.00 bits per heavy atom. The zero-order valence-electron chi connectivity index (χ0n) is 11.8. The molecule has 0 spiro atoms. The van der Waals surface area contributed by atoms with Crippen LogP contribution in [-0.2, 0) is 13.0 Å². The lowest BCUT2D eigenvalue weighted by molar-refractivity contribution is 0.153. The zero-order chi connectivity index (χ0) is 14.1. The SMILES string of the molecule is Cc1cccc(CN(C)c2nc3c(s2)CCCC3O)n1. The van der Waals surface area contributed by atoms with Gasteiger partial charge in [0.2, 0.25) is 0 Å². The smallest absolute Gasteiger partial charge is 0.185 e. The predicted octanol–water partition coefficient (Wildman–Crippen LogP) is 2.85. The van der Waals surface area contributed by atoms with E-state index in [-0.39, 0.29) is 6.10 Å². The Morgan fingerprint density at radius 1 is 1.40 bits per heavy atom. The van der Waals surface area contributed by atoms with Gasteiger partial charge in [-0.05, 0) is 38.3 Å². The van der Waals surface area contributed by atoms with Crippen molar-refractivity contribution in [2.24, 2.45) is 0 Å². The van der Waals surface area contributed by atoms with Gasteiger partial charge in [0.25, 0.3) is 0 Å². The number of aryl methyl sites for hydroxylation is 2. The summed E-state index contributed by atoms with van der Waals surface area (Å²) in [7, 11) is 2.03. The first-order chi connectivity index (χ1) is 9.63. The summed E-state index contributed by atoms with van der Waals surface area (Å²) in [5.41, 5.74) is 2.96. The molecule has 1 atom stereocenters. The quantitative estimate of drug-likeness (QED) is 0.944. The van der Waals surface area contributed by atoms with Crippen LogP contribution in [0.25, 0.3) is 0 Å². The van der Waals surface area contributed by atoms with E-state index in [1.807, 2.05) is 32.2 Å². The second-order valence-electron chi connectivity index (χ2n) is 5.34. The van der Waals surface area contributed by atoms with Gasteiger partial charge in [0, 0.05) is 17.6 Å². The molecule has 2 aromatic rings. The Bertz CT molecular complexity index is 611. The summed E-state index contributed by atoms with van der Waals surface area (Å²) in [6.07, 6.45) is 2.55. The van der Waals surface area contributed by atoms with E-state index < -0.39 is 0 Å². The average Bonchev–Trinajstić information content (AvgIpc) is 2.84. The van der Waals surface area contributed by atoms with E-state index in [1.165, 1.54) is 4.88 Å². The molecule has 0 saturated carbocycles. The number of hydrogen-bond acceptors (Lipinski definition) is 5. The number of aliphatic hydroxyl groups is 1. The van der Waals surface area contributed by atoms with E-state index in [9.17, 15) is 5.11 Å². The van der Waals surface area contributed by atoms with E-state index in [2.05, 4.69) is 14.9 Å². The maximum absolute atomic E-state index is 10.00. The van der Waals surface area contributed by atoms with E-state index >= 15 is 0 Å². The van der Waals surface area contributed by atoms with Crippen LogP contribution in [0, 0.1) is 6.92 Å². The van der Waals surface area contributed by atoms with Gasteiger partial charge in [-0.1, -0.05) is 6.07 Å². The van der Waals surface area contributed by atoms with Crippen molar-refractivity contribution in [2.45, 2.75) is 38.8 Å². The molecule has 1 aliphatic rings. The monoisotopic (exact) mass is 289 g/mol. The Morgan fingerprint density at radius 2 is 2.25 bits per heavy atom. The largest absolute Gasteiger partial charge is 0.387 e. The zero-order valence-corrected chi connectivity index (χ0v) is 12.7. The minimum atomic E-state index is -0.380. The second-order valence-corrected chi connectivity index (χ2v) is 6.40. The summed E-state index contributed by atoms with van der Waals surface area (Å²) < 4.78 is 0. The number of anilines is 1. The maximum Gasteiger partial charge on any atom is 0.185 e. The van der Waals surface area contributed by atoms with Crippen molar-refractivity contribution in [3.8, 4) is 0 Å². The van der Waals surface area contributed by atoms with Crippen LogP contribution in [0.15, 0.2) is 18.2 Å². The van der Waals surface area contributed by atoms with Crippen LogP contribution in [0.2, 0.25) is 0 Å². The molecule has 20 heavy (non-hydrogen) atoms. The van der Waals surface area contributed by atoms with E-state index in [0.29, 0.717) is 0 Å². The van der Waals surface area contributed by atoms with Crippen LogP contribution >= 0.6 is 11.3 Å². The number of nitrogens with zero attached hydrogens (tertiary/aromatic N) is 3. The number of aromatic nitrogens is 2. The molecular formula is C15H19N3OS. The van der Waals surface area contributed by atoms with Gasteiger partial charge in [-0.2, -0.15) is 0 Å². The van der Waals surface area contributed by atoms with Gasteiger partial charge in [-0.15, -0.1) is 11.3 Å². The van der Waals surface area contributed by atoms with Crippen LogP contribution < -0.4 is 4.90 Å². The molecule has 0 bridgehead atoms. The lowest BCUT2D eigenvalue weighted by atomic mass is 10.0. The predicted molar refractivity (Wildman–Crippen MR) is 81.1 cm³/mol. The Labute approximate surface area is 123 Å². The first-order valence-corrected chi connectivity index (χ1v) is 7.76. The summed E-state index contributed by atoms with van der Waals surface area (Å²) in [5, 5.41) is 11.0. The first-order valence-electron chi connectivity index (χ1n) is 6.95. The molecule has 5 heteroatoms. The molecule has 0 aliphatic heterocycles. The fourth-order valence-corrected chi connectivity index (χ4v) is 3.66. The van der Waals surface area contributed by atoms with Gasteiger partial charge in [-0.25, -0.2) is 4.98 Å². The van der Waals surface area contributed by atoms with E-state index in [4.69, 9.17) is 0 Å². The highest BCUT2D eigenvalue weighted by atomic mass is 32.1. The lowest BCUT2D eigenvalue weighted by Gasteiger charge is -2.15. The van der Waals surface area contributed by atoms with Crippen molar-refractivity contribution in [3.05, 3.63) is 40.2 Å². The molecule has 2 heterocycles. The van der Waals surface area contributed by atoms with Gasteiger partial charge in [0.15, 0.2) is 5.13 Å². The van der Waals surface area contributed by atoms with Crippen molar-refractivity contribution in [3.63, 3.8) is 0 Å². The molecule has 0 saturated heterocycles. The van der Waals surface area contributed by atoms with E-state index in [1.54, 1.807) is 11.3 Å². The summed E-state index contributed by atoms with van der Waals surface area (Å²) in [4.78, 5) is 12.5. The average molecular weight is 289 g/mol. The highest BCUT2D eigenvalue weighted by Gasteiger charge is 2.23. The van der Waals surface area contributed by atoms with Crippen molar-refractivity contribution in [2.75, 3.05) is 11.9 Å². The summed E-state index contributed by atoms with van der Waals surface area (Å²) in [6, 6.07) is 6.07. The van der Waals surface area contributed by atoms with Gasteiger partial charge in [0.1, 0.15) is 0 Å². The van der Waals surface area contributed by atoms with Crippen molar-refractivity contribution in [1.29, 1.82) is 0 Å². The maximum atomic E-state index is 10.00. The molecule has 0 fully saturated rings. The number of hydrogen-bond donors (Lipinski definition) is 1. The van der Waals surface area contributed by atoms with E-state index in [0.717, 1.165) is 48.0 Å². The van der Waals surface area contributed by atoms with Crippen molar-refractivity contribution in [1.82, 2.24) is 9.97 Å². The third kappa shape index (κ3) is 2.69. The number of rotatable bonds is 3. The standard InChI is InChI=1S/C15H19N3OS/c1-10-5-3-6-11(16-10)9-18(2)15-17-14-12(19)7-4-8-13(14)20-15/h3,5-6,12,19H,4,7-9H2,1-2H3. The molecule has 1 N–H and O–H groups in total. The highest BCUT2D eigenvalue weighted by molar-refractivity contribution is 7.15. The second kappa shape index (κ2) is 5.50. The Kier molecular flexibility index (Phi) is 3.72. The molecule has 1 aliphatic carbocycles. The molecule has 4 nitrogen and oxygen atoms in total. The molecule has 106 valence electrons. The summed E-state index contributed by atoms with van der Waals surface area (Å²) in [5.74, 6) is 0. The number of pyridine rings is 1. The molecular weight excluding hydrogens is 270 g/mol. The van der Waals surface area contributed by atoms with Gasteiger partial charge < -0.3 is 10.0 Å². The van der Waals surface area contributed by atoms with Crippen molar-refractivity contribution >= 4 is 16.5 Å². The summed E-state index contributed by atoms with van der Waals surface area (Å²) >= 11 is 1.70. The third-order valence-corrected chi connectivity index (χ3v) is 4.83. The van der Waals surface area contributed by atoms with Gasteiger partial charge in [-0.3, -0.25) is 4.98 Å². The number of aliphatic hydroxyl groups excluding tert-OH is 1. The molecule has 0 amide bonds. The van der Waals surface area contributed by atoms with Gasteiger partial charge >= 0.3 is 0 Å². The van der Waals surface area contributed by atoms with Crippen LogP contribution in [0.3, 0.4) is 0 Å². The normalized spacial score (nSPS) is 17.9. The number of thiazole rings is 1. The molecule has 1 unspecified atom stereocenters. The topological polar surface area (TPSA) is 49.2 Å². The van der Waals surface area contributed by atoms with Gasteiger partial charge in [0.05, 0.1) is 24.0 Å². The minimum absolute atomic E-state index is 0.380. The van der Waals surface area contributed by atoms with Crippen molar-refractivity contribution < 1.29 is 5.11 Å². The third-order valence-electron chi connectivity index (χ3n) is 3.59. The number of fused-ring (bicyclic) bond motifs is 1. The van der Waals surface area contributed by atoms with Crippen LogP contribution in [0.1, 0.15) is 40.9 Å². The molecule has 3 rings (SSSR count). The fraction of sp³-hybridized carbons (Fsp3) is 0.467. The van der Waals surface area contributed by atoms with Crippen LogP contribution in [-0.4, -0.2) is 22.1 Å². The Hall–Kier alpha value is -1.46. The molecule has 2 aromatic heterocycles. The van der Waals surface area contributed by atoms with Crippen LogP contribution in [0.4, 0.5) is 5.13 Å². The Balaban J connectivity index is 1.79. The van der Waals surface area contributed by atoms with Crippen LogP contribution in [0.5, 0.6) is 0 Å². The minimum Gasteiger partial charge on any atom is -0.387 e. The first kappa shape index (κ1) is 13.5. The highest BCUT2D eigenvalue weighted by Crippen LogP contribution is 2.36.